The molecule has 0 saturated carbocycles. The van der Waals surface area contributed by atoms with Gasteiger partial charge in [-0.3, -0.25) is 4.79 Å². The molecule has 1 aliphatic heterocycles. The SMILES string of the molecule is CCCC[Si](C)(C)OCCN1CCC1=O. The predicted octanol–water partition coefficient (Wildman–Crippen LogP) is 2.24. The van der Waals surface area contributed by atoms with Crippen LogP contribution in [-0.2, 0) is 9.22 Å². The van der Waals surface area contributed by atoms with Gasteiger partial charge in [0, 0.05) is 19.5 Å². The van der Waals surface area contributed by atoms with Gasteiger partial charge in [-0.25, -0.2) is 0 Å². The molecule has 15 heavy (non-hydrogen) atoms. The molecule has 1 saturated heterocycles. The molecule has 0 aromatic rings. The monoisotopic (exact) mass is 229 g/mol. The minimum atomic E-state index is -1.44. The lowest BCUT2D eigenvalue weighted by Gasteiger charge is -2.32. The van der Waals surface area contributed by atoms with E-state index in [1.54, 1.807) is 0 Å². The van der Waals surface area contributed by atoms with Crippen LogP contribution in [0.2, 0.25) is 19.1 Å². The van der Waals surface area contributed by atoms with Crippen LogP contribution in [0.4, 0.5) is 0 Å². The molecule has 3 nitrogen and oxygen atoms in total. The fourth-order valence-electron chi connectivity index (χ4n) is 1.70. The van der Waals surface area contributed by atoms with Crippen molar-refractivity contribution in [1.82, 2.24) is 4.90 Å². The maximum absolute atomic E-state index is 11.0. The van der Waals surface area contributed by atoms with E-state index in [0.29, 0.717) is 0 Å². The Kier molecular flexibility index (Phi) is 4.79. The van der Waals surface area contributed by atoms with Crippen molar-refractivity contribution in [2.75, 3.05) is 19.7 Å². The Labute approximate surface area is 93.9 Å². The van der Waals surface area contributed by atoms with Crippen LogP contribution in [0.1, 0.15) is 26.2 Å². The Morgan fingerprint density at radius 2 is 2.20 bits per heavy atom. The number of β-lactam (4-membered cyclic amide) rings is 1. The van der Waals surface area contributed by atoms with E-state index >= 15 is 0 Å². The summed E-state index contributed by atoms with van der Waals surface area (Å²) in [5.41, 5.74) is 0. The number of nitrogens with zero attached hydrogens (tertiary/aromatic N) is 1. The zero-order valence-electron chi connectivity index (χ0n) is 10.2. The van der Waals surface area contributed by atoms with E-state index in [2.05, 4.69) is 20.0 Å². The number of rotatable bonds is 7. The molecule has 1 rings (SSSR count). The molecule has 0 N–H and O–H groups in total. The first-order chi connectivity index (χ1) is 7.05. The molecule has 0 spiro atoms. The third kappa shape index (κ3) is 4.34. The van der Waals surface area contributed by atoms with E-state index in [9.17, 15) is 4.79 Å². The van der Waals surface area contributed by atoms with E-state index in [-0.39, 0.29) is 5.91 Å². The second-order valence-electron chi connectivity index (χ2n) is 4.84. The second-order valence-corrected chi connectivity index (χ2v) is 9.15. The molecule has 0 aromatic carbocycles. The second kappa shape index (κ2) is 5.65. The molecule has 1 fully saturated rings. The van der Waals surface area contributed by atoms with Gasteiger partial charge in [0.05, 0.1) is 6.61 Å². The third-order valence-electron chi connectivity index (χ3n) is 2.93. The molecule has 0 unspecified atom stereocenters. The Morgan fingerprint density at radius 3 is 2.67 bits per heavy atom. The highest BCUT2D eigenvalue weighted by Gasteiger charge is 2.25. The Morgan fingerprint density at radius 1 is 1.47 bits per heavy atom. The van der Waals surface area contributed by atoms with Gasteiger partial charge in [0.15, 0.2) is 8.32 Å². The molecule has 0 radical (unpaired) electrons. The standard InChI is InChI=1S/C11H23NO2Si/c1-4-5-10-15(2,3)14-9-8-12-7-6-11(12)13/h4-10H2,1-3H3. The van der Waals surface area contributed by atoms with E-state index in [1.165, 1.54) is 18.9 Å². The summed E-state index contributed by atoms with van der Waals surface area (Å²) >= 11 is 0. The van der Waals surface area contributed by atoms with E-state index in [4.69, 9.17) is 4.43 Å². The lowest BCUT2D eigenvalue weighted by molar-refractivity contribution is -0.140. The molecule has 1 aliphatic rings. The van der Waals surface area contributed by atoms with Gasteiger partial charge in [-0.1, -0.05) is 19.8 Å². The van der Waals surface area contributed by atoms with Crippen molar-refractivity contribution in [3.05, 3.63) is 0 Å². The summed E-state index contributed by atoms with van der Waals surface area (Å²) in [4.78, 5) is 12.9. The van der Waals surface area contributed by atoms with Crippen LogP contribution >= 0.6 is 0 Å². The molecule has 4 heteroatoms. The van der Waals surface area contributed by atoms with Gasteiger partial charge in [0.1, 0.15) is 0 Å². The average Bonchev–Trinajstić information content (AvgIpc) is 2.19. The van der Waals surface area contributed by atoms with Gasteiger partial charge < -0.3 is 9.33 Å². The Balaban J connectivity index is 2.09. The quantitative estimate of drug-likeness (QED) is 0.495. The molecule has 1 amide bonds. The molecule has 0 bridgehead atoms. The predicted molar refractivity (Wildman–Crippen MR) is 64.3 cm³/mol. The third-order valence-corrected chi connectivity index (χ3v) is 5.48. The Bertz CT molecular complexity index is 219. The molecule has 1 heterocycles. The number of unbranched alkanes of at least 4 members (excludes halogenated alkanes) is 1. The van der Waals surface area contributed by atoms with Gasteiger partial charge in [-0.05, 0) is 19.1 Å². The minimum Gasteiger partial charge on any atom is -0.416 e. The van der Waals surface area contributed by atoms with Gasteiger partial charge in [-0.2, -0.15) is 0 Å². The van der Waals surface area contributed by atoms with Crippen LogP contribution in [-0.4, -0.2) is 38.8 Å². The lowest BCUT2D eigenvalue weighted by atomic mass is 10.2. The topological polar surface area (TPSA) is 29.5 Å². The zero-order chi connectivity index (χ0) is 11.3. The number of hydrogen-bond donors (Lipinski definition) is 0. The summed E-state index contributed by atoms with van der Waals surface area (Å²) in [7, 11) is -1.44. The van der Waals surface area contributed by atoms with Crippen LogP contribution in [0.15, 0.2) is 0 Å². The van der Waals surface area contributed by atoms with Gasteiger partial charge in [0.25, 0.3) is 0 Å². The normalized spacial score (nSPS) is 16.7. The highest BCUT2D eigenvalue weighted by atomic mass is 28.4. The van der Waals surface area contributed by atoms with Crippen molar-refractivity contribution < 1.29 is 9.22 Å². The smallest absolute Gasteiger partial charge is 0.224 e. The van der Waals surface area contributed by atoms with Crippen LogP contribution < -0.4 is 0 Å². The molecule has 88 valence electrons. The van der Waals surface area contributed by atoms with Gasteiger partial charge in [0.2, 0.25) is 5.91 Å². The number of carbonyl (C=O) groups excluding carboxylic acids is 1. The minimum absolute atomic E-state index is 0.284. The summed E-state index contributed by atoms with van der Waals surface area (Å²) in [5.74, 6) is 0.284. The first-order valence-corrected chi connectivity index (χ1v) is 9.08. The first kappa shape index (κ1) is 12.7. The van der Waals surface area contributed by atoms with Crippen molar-refractivity contribution in [1.29, 1.82) is 0 Å². The van der Waals surface area contributed by atoms with E-state index in [1.807, 2.05) is 4.90 Å². The highest BCUT2D eigenvalue weighted by Crippen LogP contribution is 2.15. The van der Waals surface area contributed by atoms with Crippen molar-refractivity contribution in [2.45, 2.75) is 45.3 Å². The van der Waals surface area contributed by atoms with E-state index < -0.39 is 8.32 Å². The van der Waals surface area contributed by atoms with Crippen molar-refractivity contribution in [3.63, 3.8) is 0 Å². The summed E-state index contributed by atoms with van der Waals surface area (Å²) in [6.07, 6.45) is 3.24. The van der Waals surface area contributed by atoms with Crippen LogP contribution in [0, 0.1) is 0 Å². The first-order valence-electron chi connectivity index (χ1n) is 5.97. The number of likely N-dealkylation sites (tertiary alicyclic amines) is 1. The maximum atomic E-state index is 11.0. The summed E-state index contributed by atoms with van der Waals surface area (Å²) in [5, 5.41) is 0. The zero-order valence-corrected chi connectivity index (χ0v) is 11.2. The van der Waals surface area contributed by atoms with Gasteiger partial charge >= 0.3 is 0 Å². The average molecular weight is 229 g/mol. The molecular weight excluding hydrogens is 206 g/mol. The fraction of sp³-hybridized carbons (Fsp3) is 0.909. The maximum Gasteiger partial charge on any atom is 0.224 e. The highest BCUT2D eigenvalue weighted by molar-refractivity contribution is 6.71. The summed E-state index contributed by atoms with van der Waals surface area (Å²) < 4.78 is 5.93. The van der Waals surface area contributed by atoms with Crippen LogP contribution in [0.3, 0.4) is 0 Å². The van der Waals surface area contributed by atoms with Crippen molar-refractivity contribution >= 4 is 14.2 Å². The fourth-order valence-corrected chi connectivity index (χ4v) is 3.70. The van der Waals surface area contributed by atoms with Crippen LogP contribution in [0.5, 0.6) is 0 Å². The number of amides is 1. The molecular formula is C11H23NO2Si. The molecule has 0 aromatic heterocycles. The number of hydrogen-bond acceptors (Lipinski definition) is 2. The summed E-state index contributed by atoms with van der Waals surface area (Å²) in [6.45, 7) is 9.19. The number of carbonyl (C=O) groups is 1. The Hall–Kier alpha value is -0.353. The lowest BCUT2D eigenvalue weighted by Crippen LogP contribution is -2.46. The molecule has 0 aliphatic carbocycles. The van der Waals surface area contributed by atoms with Crippen molar-refractivity contribution in [3.8, 4) is 0 Å². The molecule has 0 atom stereocenters. The van der Waals surface area contributed by atoms with Gasteiger partial charge in [-0.15, -0.1) is 0 Å². The van der Waals surface area contributed by atoms with Crippen LogP contribution in [0.25, 0.3) is 0 Å². The summed E-state index contributed by atoms with van der Waals surface area (Å²) in [6, 6.07) is 1.23. The van der Waals surface area contributed by atoms with E-state index in [0.717, 1.165) is 26.1 Å². The van der Waals surface area contributed by atoms with Crippen molar-refractivity contribution in [2.24, 2.45) is 0 Å². The largest absolute Gasteiger partial charge is 0.416 e.